The molecule has 0 radical (unpaired) electrons. The van der Waals surface area contributed by atoms with E-state index in [-0.39, 0.29) is 30.4 Å². The molecule has 0 aliphatic heterocycles. The molecule has 1 N–H and O–H groups in total. The van der Waals surface area contributed by atoms with Crippen LogP contribution in [-0.4, -0.2) is 34.9 Å². The minimum Gasteiger partial charge on any atom is -0.483 e. The van der Waals surface area contributed by atoms with Gasteiger partial charge in [-0.15, -0.1) is 0 Å². The Kier molecular flexibility index (Phi) is 9.77. The molecule has 0 heterocycles. The van der Waals surface area contributed by atoms with Gasteiger partial charge in [-0.05, 0) is 61.1 Å². The first kappa shape index (κ1) is 29.4. The third kappa shape index (κ3) is 8.73. The smallest absolute Gasteiger partial charge is 0.261 e. The Morgan fingerprint density at radius 3 is 2.13 bits per heavy atom. The summed E-state index contributed by atoms with van der Waals surface area (Å²) in [4.78, 5) is 29.2. The summed E-state index contributed by atoms with van der Waals surface area (Å²) in [7, 11) is 0. The van der Waals surface area contributed by atoms with Crippen molar-refractivity contribution in [2.45, 2.75) is 71.5 Å². The zero-order chi connectivity index (χ0) is 27.9. The fourth-order valence-electron chi connectivity index (χ4n) is 4.27. The summed E-state index contributed by atoms with van der Waals surface area (Å²) in [6.07, 6.45) is 0.390. The number of benzene rings is 3. The van der Waals surface area contributed by atoms with Crippen molar-refractivity contribution in [2.75, 3.05) is 6.61 Å². The lowest BCUT2D eigenvalue weighted by molar-refractivity contribution is -0.143. The summed E-state index contributed by atoms with van der Waals surface area (Å²) in [5.74, 6) is 0.230. The van der Waals surface area contributed by atoms with Crippen LogP contribution in [0.3, 0.4) is 0 Å². The van der Waals surface area contributed by atoms with Crippen molar-refractivity contribution in [3.05, 3.63) is 100 Å². The Hall–Kier alpha value is -3.12. The van der Waals surface area contributed by atoms with Crippen LogP contribution in [0.2, 0.25) is 0 Å². The lowest BCUT2D eigenvalue weighted by Gasteiger charge is -2.34. The monoisotopic (exact) mass is 578 g/mol. The van der Waals surface area contributed by atoms with Crippen LogP contribution in [0.15, 0.2) is 83.3 Å². The van der Waals surface area contributed by atoms with E-state index in [1.807, 2.05) is 99.6 Å². The molecule has 6 heteroatoms. The third-order valence-electron chi connectivity index (χ3n) is 6.06. The van der Waals surface area contributed by atoms with Crippen LogP contribution in [-0.2, 0) is 28.0 Å². The molecule has 1 unspecified atom stereocenters. The fourth-order valence-corrected chi connectivity index (χ4v) is 4.72. The molecule has 0 aromatic heterocycles. The fraction of sp³-hybridized carbons (Fsp3) is 0.375. The van der Waals surface area contributed by atoms with Crippen LogP contribution < -0.4 is 10.1 Å². The molecule has 3 aromatic carbocycles. The van der Waals surface area contributed by atoms with Gasteiger partial charge in [-0.2, -0.15) is 0 Å². The number of ether oxygens (including phenoxy) is 1. The number of para-hydroxylation sites is 1. The first-order chi connectivity index (χ1) is 17.8. The normalized spacial score (nSPS) is 12.5. The van der Waals surface area contributed by atoms with Crippen molar-refractivity contribution in [1.29, 1.82) is 0 Å². The number of hydrogen-bond donors (Lipinski definition) is 1. The quantitative estimate of drug-likeness (QED) is 0.308. The highest BCUT2D eigenvalue weighted by Gasteiger charge is 2.32. The van der Waals surface area contributed by atoms with Gasteiger partial charge in [-0.3, -0.25) is 9.59 Å². The number of halogens is 1. The van der Waals surface area contributed by atoms with Crippen LogP contribution in [0.25, 0.3) is 0 Å². The van der Waals surface area contributed by atoms with E-state index < -0.39 is 11.6 Å². The second-order valence-electron chi connectivity index (χ2n) is 11.6. The molecule has 0 fully saturated rings. The highest BCUT2D eigenvalue weighted by Crippen LogP contribution is 2.31. The van der Waals surface area contributed by atoms with Crippen molar-refractivity contribution in [3.63, 3.8) is 0 Å². The molecule has 0 bridgehead atoms. The van der Waals surface area contributed by atoms with E-state index in [4.69, 9.17) is 4.74 Å². The Labute approximate surface area is 235 Å². The largest absolute Gasteiger partial charge is 0.483 e. The van der Waals surface area contributed by atoms with E-state index in [9.17, 15) is 9.59 Å². The summed E-state index contributed by atoms with van der Waals surface area (Å²) in [5, 5.41) is 3.09. The summed E-state index contributed by atoms with van der Waals surface area (Å²) < 4.78 is 7.03. The predicted octanol–water partition coefficient (Wildman–Crippen LogP) is 6.68. The molecule has 0 saturated carbocycles. The lowest BCUT2D eigenvalue weighted by atomic mass is 9.86. The van der Waals surface area contributed by atoms with E-state index in [1.54, 1.807) is 4.90 Å². The van der Waals surface area contributed by atoms with Crippen molar-refractivity contribution in [1.82, 2.24) is 10.2 Å². The number of hydrogen-bond acceptors (Lipinski definition) is 3. The first-order valence-electron chi connectivity index (χ1n) is 13.0. The van der Waals surface area contributed by atoms with Gasteiger partial charge in [0, 0.05) is 23.0 Å². The number of amides is 2. The predicted molar refractivity (Wildman–Crippen MR) is 157 cm³/mol. The van der Waals surface area contributed by atoms with E-state index in [0.717, 1.165) is 21.2 Å². The van der Waals surface area contributed by atoms with E-state index in [0.29, 0.717) is 12.2 Å². The molecular formula is C32H39BrN2O3. The Morgan fingerprint density at radius 1 is 0.868 bits per heavy atom. The molecule has 0 aliphatic carbocycles. The average molecular weight is 580 g/mol. The number of rotatable bonds is 9. The van der Waals surface area contributed by atoms with Crippen molar-refractivity contribution in [3.8, 4) is 5.75 Å². The highest BCUT2D eigenvalue weighted by molar-refractivity contribution is 9.10. The van der Waals surface area contributed by atoms with Crippen LogP contribution in [0, 0.1) is 0 Å². The minimum absolute atomic E-state index is 0.141. The first-order valence-corrected chi connectivity index (χ1v) is 13.7. The number of nitrogens with one attached hydrogen (secondary N) is 1. The lowest BCUT2D eigenvalue weighted by Crippen LogP contribution is -2.55. The van der Waals surface area contributed by atoms with Crippen molar-refractivity contribution in [2.24, 2.45) is 0 Å². The van der Waals surface area contributed by atoms with Gasteiger partial charge >= 0.3 is 0 Å². The molecule has 0 spiro atoms. The topological polar surface area (TPSA) is 58.6 Å². The molecule has 2 amide bonds. The van der Waals surface area contributed by atoms with Crippen LogP contribution >= 0.6 is 15.9 Å². The van der Waals surface area contributed by atoms with Gasteiger partial charge in [-0.25, -0.2) is 0 Å². The maximum atomic E-state index is 13.9. The van der Waals surface area contributed by atoms with Crippen LogP contribution in [0.5, 0.6) is 5.75 Å². The zero-order valence-corrected chi connectivity index (χ0v) is 24.8. The van der Waals surface area contributed by atoms with Crippen LogP contribution in [0.4, 0.5) is 0 Å². The molecule has 1 atom stereocenters. The molecule has 3 aromatic rings. The summed E-state index contributed by atoms with van der Waals surface area (Å²) >= 11 is 3.53. The van der Waals surface area contributed by atoms with Crippen LogP contribution in [0.1, 0.15) is 58.2 Å². The SMILES string of the molecule is CC(C)(C)NC(=O)C(Cc1ccccc1)N(Cc1cccc(Br)c1)C(=O)COc1ccccc1C(C)(C)C. The molecule has 38 heavy (non-hydrogen) atoms. The average Bonchev–Trinajstić information content (AvgIpc) is 2.84. The molecule has 0 saturated heterocycles. The van der Waals surface area contributed by atoms with Gasteiger partial charge in [-0.1, -0.05) is 97.4 Å². The molecular weight excluding hydrogens is 540 g/mol. The third-order valence-corrected chi connectivity index (χ3v) is 6.55. The van der Waals surface area contributed by atoms with E-state index in [2.05, 4.69) is 42.0 Å². The maximum Gasteiger partial charge on any atom is 0.261 e. The number of carbonyl (C=O) groups is 2. The van der Waals surface area contributed by atoms with Gasteiger partial charge in [0.2, 0.25) is 5.91 Å². The molecule has 5 nitrogen and oxygen atoms in total. The molecule has 0 aliphatic rings. The van der Waals surface area contributed by atoms with Gasteiger partial charge in [0.25, 0.3) is 5.91 Å². The molecule has 3 rings (SSSR count). The van der Waals surface area contributed by atoms with Crippen molar-refractivity contribution < 1.29 is 14.3 Å². The summed E-state index contributed by atoms with van der Waals surface area (Å²) in [6, 6.07) is 24.7. The summed E-state index contributed by atoms with van der Waals surface area (Å²) in [6.45, 7) is 12.3. The minimum atomic E-state index is -0.718. The molecule has 202 valence electrons. The zero-order valence-electron chi connectivity index (χ0n) is 23.3. The number of carbonyl (C=O) groups excluding carboxylic acids is 2. The van der Waals surface area contributed by atoms with Gasteiger partial charge in [0.1, 0.15) is 11.8 Å². The Balaban J connectivity index is 1.96. The Morgan fingerprint density at radius 2 is 1.50 bits per heavy atom. The van der Waals surface area contributed by atoms with E-state index >= 15 is 0 Å². The standard InChI is InChI=1S/C32H39BrN2O3/c1-31(2,3)26-17-10-11-18-28(26)38-22-29(36)35(21-24-15-12-16-25(33)19-24)27(30(37)34-32(4,5)6)20-23-13-8-7-9-14-23/h7-19,27H,20-22H2,1-6H3,(H,34,37). The Bertz CT molecular complexity index is 1230. The van der Waals surface area contributed by atoms with Crippen molar-refractivity contribution >= 4 is 27.7 Å². The second kappa shape index (κ2) is 12.6. The van der Waals surface area contributed by atoms with Gasteiger partial charge < -0.3 is 15.0 Å². The maximum absolute atomic E-state index is 13.9. The number of nitrogens with zero attached hydrogens (tertiary/aromatic N) is 1. The van der Waals surface area contributed by atoms with Gasteiger partial charge in [0.05, 0.1) is 0 Å². The second-order valence-corrected chi connectivity index (χ2v) is 12.5. The highest BCUT2D eigenvalue weighted by atomic mass is 79.9. The van der Waals surface area contributed by atoms with E-state index in [1.165, 1.54) is 0 Å². The van der Waals surface area contributed by atoms with Gasteiger partial charge in [0.15, 0.2) is 6.61 Å². The summed E-state index contributed by atoms with van der Waals surface area (Å²) in [5.41, 5.74) is 2.34.